The molecule has 7 heteroatoms. The minimum absolute atomic E-state index is 0.293. The molecular formula is C15H11F3N2O2. The molecule has 2 aromatic rings. The Morgan fingerprint density at radius 3 is 2.27 bits per heavy atom. The van der Waals surface area contributed by atoms with E-state index in [2.05, 4.69) is 9.84 Å². The maximum absolute atomic E-state index is 12.1. The first-order valence-corrected chi connectivity index (χ1v) is 6.13. The van der Waals surface area contributed by atoms with Crippen LogP contribution in [0.5, 0.6) is 5.75 Å². The molecule has 0 amide bonds. The fourth-order valence-electron chi connectivity index (χ4n) is 1.93. The molecule has 0 aromatic heterocycles. The SMILES string of the molecule is NN=C(c1ccc(OC(F)(F)F)cc1)c1ccccc1C=O. The third-order valence-electron chi connectivity index (χ3n) is 2.83. The maximum Gasteiger partial charge on any atom is 0.573 e. The number of carbonyl (C=O) groups excluding carboxylic acids is 1. The molecule has 0 aliphatic rings. The smallest absolute Gasteiger partial charge is 0.406 e. The largest absolute Gasteiger partial charge is 0.573 e. The summed E-state index contributed by atoms with van der Waals surface area (Å²) in [4.78, 5) is 11.0. The predicted molar refractivity (Wildman–Crippen MR) is 74.8 cm³/mol. The second-order valence-corrected chi connectivity index (χ2v) is 4.25. The van der Waals surface area contributed by atoms with Crippen LogP contribution in [0, 0.1) is 0 Å². The second-order valence-electron chi connectivity index (χ2n) is 4.25. The number of ether oxygens (including phenoxy) is 1. The van der Waals surface area contributed by atoms with Gasteiger partial charge in [-0.05, 0) is 24.3 Å². The molecule has 0 saturated heterocycles. The van der Waals surface area contributed by atoms with Crippen molar-refractivity contribution in [2.24, 2.45) is 10.9 Å². The summed E-state index contributed by atoms with van der Waals surface area (Å²) in [6.45, 7) is 0. The molecule has 2 aromatic carbocycles. The molecule has 0 bridgehead atoms. The van der Waals surface area contributed by atoms with Crippen molar-refractivity contribution in [1.82, 2.24) is 0 Å². The van der Waals surface area contributed by atoms with Crippen LogP contribution in [-0.2, 0) is 0 Å². The van der Waals surface area contributed by atoms with Crippen molar-refractivity contribution < 1.29 is 22.7 Å². The van der Waals surface area contributed by atoms with Gasteiger partial charge in [-0.1, -0.05) is 24.3 Å². The average molecular weight is 308 g/mol. The van der Waals surface area contributed by atoms with Crippen molar-refractivity contribution in [2.75, 3.05) is 0 Å². The molecule has 0 atom stereocenters. The Balaban J connectivity index is 2.35. The van der Waals surface area contributed by atoms with E-state index in [1.807, 2.05) is 0 Å². The number of carbonyl (C=O) groups is 1. The zero-order valence-corrected chi connectivity index (χ0v) is 11.2. The highest BCUT2D eigenvalue weighted by Crippen LogP contribution is 2.24. The molecule has 0 heterocycles. The summed E-state index contributed by atoms with van der Waals surface area (Å²) in [5.41, 5.74) is 1.62. The van der Waals surface area contributed by atoms with Gasteiger partial charge in [0, 0.05) is 16.7 Å². The van der Waals surface area contributed by atoms with Crippen molar-refractivity contribution in [2.45, 2.75) is 6.36 Å². The van der Waals surface area contributed by atoms with Crippen LogP contribution in [0.15, 0.2) is 53.6 Å². The van der Waals surface area contributed by atoms with Crippen LogP contribution in [-0.4, -0.2) is 18.4 Å². The molecule has 0 unspecified atom stereocenters. The highest BCUT2D eigenvalue weighted by Gasteiger charge is 2.31. The molecule has 4 nitrogen and oxygen atoms in total. The van der Waals surface area contributed by atoms with Gasteiger partial charge in [0.05, 0.1) is 5.71 Å². The highest BCUT2D eigenvalue weighted by atomic mass is 19.4. The van der Waals surface area contributed by atoms with Crippen LogP contribution in [0.3, 0.4) is 0 Å². The highest BCUT2D eigenvalue weighted by molar-refractivity contribution is 6.16. The van der Waals surface area contributed by atoms with Gasteiger partial charge in [-0.25, -0.2) is 0 Å². The van der Waals surface area contributed by atoms with E-state index in [1.165, 1.54) is 12.1 Å². The standard InChI is InChI=1S/C15H11F3N2O2/c16-15(17,18)22-12-7-5-10(6-8-12)14(20-19)13-4-2-1-3-11(13)9-21/h1-9H,19H2. The number of aldehydes is 1. The van der Waals surface area contributed by atoms with E-state index in [-0.39, 0.29) is 5.75 Å². The minimum Gasteiger partial charge on any atom is -0.406 e. The van der Waals surface area contributed by atoms with Crippen LogP contribution in [0.4, 0.5) is 13.2 Å². The van der Waals surface area contributed by atoms with E-state index in [0.717, 1.165) is 12.1 Å². The lowest BCUT2D eigenvalue weighted by molar-refractivity contribution is -0.274. The Hall–Kier alpha value is -2.83. The van der Waals surface area contributed by atoms with Gasteiger partial charge in [-0.15, -0.1) is 13.2 Å². The van der Waals surface area contributed by atoms with E-state index in [9.17, 15) is 18.0 Å². The summed E-state index contributed by atoms with van der Waals surface area (Å²) in [5.74, 6) is 5.01. The molecule has 0 spiro atoms. The first kappa shape index (κ1) is 15.6. The number of alkyl halides is 3. The number of hydrogen-bond donors (Lipinski definition) is 1. The summed E-state index contributed by atoms with van der Waals surface area (Å²) < 4.78 is 40.2. The van der Waals surface area contributed by atoms with Crippen molar-refractivity contribution in [3.05, 3.63) is 65.2 Å². The van der Waals surface area contributed by atoms with E-state index in [0.29, 0.717) is 28.7 Å². The zero-order valence-electron chi connectivity index (χ0n) is 11.2. The second kappa shape index (κ2) is 6.30. The number of benzene rings is 2. The van der Waals surface area contributed by atoms with Gasteiger partial charge in [-0.2, -0.15) is 5.10 Å². The van der Waals surface area contributed by atoms with Gasteiger partial charge in [0.25, 0.3) is 0 Å². The van der Waals surface area contributed by atoms with Crippen LogP contribution < -0.4 is 10.6 Å². The summed E-state index contributed by atoms with van der Waals surface area (Å²) in [7, 11) is 0. The maximum atomic E-state index is 12.1. The summed E-state index contributed by atoms with van der Waals surface area (Å²) in [6, 6.07) is 11.7. The number of halogens is 3. The molecule has 114 valence electrons. The molecule has 0 aliphatic heterocycles. The summed E-state index contributed by atoms with van der Waals surface area (Å²) >= 11 is 0. The molecule has 0 saturated carbocycles. The number of hydrazone groups is 1. The van der Waals surface area contributed by atoms with E-state index < -0.39 is 6.36 Å². The third kappa shape index (κ3) is 3.63. The third-order valence-corrected chi connectivity index (χ3v) is 2.83. The van der Waals surface area contributed by atoms with E-state index in [4.69, 9.17) is 5.84 Å². The first-order valence-electron chi connectivity index (χ1n) is 6.13. The zero-order chi connectivity index (χ0) is 16.2. The molecule has 0 radical (unpaired) electrons. The normalized spacial score (nSPS) is 12.0. The van der Waals surface area contributed by atoms with Gasteiger partial charge in [0.2, 0.25) is 0 Å². The molecule has 22 heavy (non-hydrogen) atoms. The van der Waals surface area contributed by atoms with Gasteiger partial charge in [0.15, 0.2) is 6.29 Å². The molecule has 0 fully saturated rings. The number of nitrogens with zero attached hydrogens (tertiary/aromatic N) is 1. The van der Waals surface area contributed by atoms with E-state index in [1.54, 1.807) is 24.3 Å². The molecule has 2 rings (SSSR count). The van der Waals surface area contributed by atoms with Gasteiger partial charge in [-0.3, -0.25) is 4.79 Å². The molecular weight excluding hydrogens is 297 g/mol. The van der Waals surface area contributed by atoms with Crippen molar-refractivity contribution in [3.8, 4) is 5.75 Å². The van der Waals surface area contributed by atoms with Gasteiger partial charge >= 0.3 is 6.36 Å². The first-order chi connectivity index (χ1) is 10.4. The monoisotopic (exact) mass is 308 g/mol. The van der Waals surface area contributed by atoms with Crippen LogP contribution in [0.2, 0.25) is 0 Å². The van der Waals surface area contributed by atoms with Crippen LogP contribution in [0.25, 0.3) is 0 Å². The van der Waals surface area contributed by atoms with Crippen molar-refractivity contribution >= 4 is 12.0 Å². The van der Waals surface area contributed by atoms with Crippen molar-refractivity contribution in [1.29, 1.82) is 0 Å². The van der Waals surface area contributed by atoms with E-state index >= 15 is 0 Å². The number of hydrogen-bond acceptors (Lipinski definition) is 4. The summed E-state index contributed by atoms with van der Waals surface area (Å²) in [6.07, 6.45) is -4.10. The molecule has 0 aliphatic carbocycles. The average Bonchev–Trinajstić information content (AvgIpc) is 2.49. The number of rotatable bonds is 4. The van der Waals surface area contributed by atoms with Gasteiger partial charge in [0.1, 0.15) is 5.75 Å². The lowest BCUT2D eigenvalue weighted by atomic mass is 9.98. The lowest BCUT2D eigenvalue weighted by Crippen LogP contribution is -2.17. The Morgan fingerprint density at radius 1 is 1.09 bits per heavy atom. The van der Waals surface area contributed by atoms with Crippen molar-refractivity contribution in [3.63, 3.8) is 0 Å². The van der Waals surface area contributed by atoms with Crippen LogP contribution >= 0.6 is 0 Å². The fourth-order valence-corrected chi connectivity index (χ4v) is 1.93. The number of nitrogens with two attached hydrogens (primary N) is 1. The predicted octanol–water partition coefficient (Wildman–Crippen LogP) is 3.11. The lowest BCUT2D eigenvalue weighted by Gasteiger charge is -2.11. The quantitative estimate of drug-likeness (QED) is 0.408. The Labute approximate surface area is 124 Å². The summed E-state index contributed by atoms with van der Waals surface area (Å²) in [5, 5.41) is 3.64. The van der Waals surface area contributed by atoms with Crippen LogP contribution in [0.1, 0.15) is 21.5 Å². The Morgan fingerprint density at radius 2 is 1.73 bits per heavy atom. The molecule has 2 N–H and O–H groups in total. The Kier molecular flexibility index (Phi) is 4.45. The van der Waals surface area contributed by atoms with Gasteiger partial charge < -0.3 is 10.6 Å². The minimum atomic E-state index is -4.75. The topological polar surface area (TPSA) is 64.7 Å². The fraction of sp³-hybridized carbons (Fsp3) is 0.0667. The Bertz CT molecular complexity index is 695.